The molecular weight excluding hydrogens is 498 g/mol. The Kier molecular flexibility index (Phi) is 8.41. The van der Waals surface area contributed by atoms with Crippen molar-refractivity contribution >= 4 is 23.1 Å². The van der Waals surface area contributed by atoms with Crippen molar-refractivity contribution in [1.82, 2.24) is 9.80 Å². The number of aryl methyl sites for hydroxylation is 1. The molecule has 202 valence electrons. The van der Waals surface area contributed by atoms with Crippen LogP contribution >= 0.6 is 0 Å². The first kappa shape index (κ1) is 27.5. The smallest absolute Gasteiger partial charge is 0.295 e. The minimum Gasteiger partial charge on any atom is -0.507 e. The van der Waals surface area contributed by atoms with E-state index in [0.29, 0.717) is 36.4 Å². The lowest BCUT2D eigenvalue weighted by molar-refractivity contribution is -0.384. The number of aliphatic hydroxyl groups is 1. The fourth-order valence-electron chi connectivity index (χ4n) is 4.62. The highest BCUT2D eigenvalue weighted by Gasteiger charge is 2.46. The van der Waals surface area contributed by atoms with E-state index in [9.17, 15) is 24.8 Å². The van der Waals surface area contributed by atoms with Crippen LogP contribution in [-0.2, 0) is 16.2 Å². The lowest BCUT2D eigenvalue weighted by Gasteiger charge is -2.25. The van der Waals surface area contributed by atoms with Crippen molar-refractivity contribution in [3.05, 3.63) is 111 Å². The van der Waals surface area contributed by atoms with Crippen molar-refractivity contribution in [1.29, 1.82) is 0 Å². The second kappa shape index (κ2) is 11.9. The van der Waals surface area contributed by atoms with Crippen molar-refractivity contribution in [2.24, 2.45) is 0 Å². The number of non-ortho nitro benzene ring substituents is 1. The van der Waals surface area contributed by atoms with E-state index >= 15 is 0 Å². The van der Waals surface area contributed by atoms with E-state index in [-0.39, 0.29) is 23.6 Å². The third-order valence-corrected chi connectivity index (χ3v) is 6.72. The standard InChI is InChI=1S/C30H31N3O6/c1-20-8-4-5-9-23(20)19-39-25-14-12-21(13-15-25)28(34)26-27(22-10-6-11-24(18-22)33(37)38)32(30(36)29(26)35)17-7-16-31(2)3/h4-6,8-15,18,27,34H,7,16-17,19H2,1-3H3/b28-26+. The maximum Gasteiger partial charge on any atom is 0.295 e. The normalized spacial score (nSPS) is 16.6. The summed E-state index contributed by atoms with van der Waals surface area (Å²) in [5.41, 5.74) is 2.62. The Labute approximate surface area is 227 Å². The molecule has 3 aromatic rings. The number of hydrogen-bond acceptors (Lipinski definition) is 7. The minimum atomic E-state index is -0.955. The summed E-state index contributed by atoms with van der Waals surface area (Å²) >= 11 is 0. The highest BCUT2D eigenvalue weighted by Crippen LogP contribution is 2.40. The molecule has 3 aromatic carbocycles. The molecule has 9 nitrogen and oxygen atoms in total. The number of aliphatic hydroxyl groups excluding tert-OH is 1. The zero-order valence-corrected chi connectivity index (χ0v) is 22.2. The molecule has 0 saturated carbocycles. The zero-order chi connectivity index (χ0) is 28.1. The quantitative estimate of drug-likeness (QED) is 0.131. The number of amides is 1. The Morgan fingerprint density at radius 2 is 1.77 bits per heavy atom. The van der Waals surface area contributed by atoms with Crippen LogP contribution in [0.3, 0.4) is 0 Å². The number of rotatable bonds is 10. The SMILES string of the molecule is Cc1ccccc1COc1ccc(/C(O)=C2\C(=O)C(=O)N(CCCN(C)C)C2c2cccc([N+](=O)[O-])c2)cc1. The summed E-state index contributed by atoms with van der Waals surface area (Å²) in [5.74, 6) is -1.33. The Balaban J connectivity index is 1.67. The molecule has 0 radical (unpaired) electrons. The van der Waals surface area contributed by atoms with Crippen LogP contribution < -0.4 is 4.74 Å². The lowest BCUT2D eigenvalue weighted by atomic mass is 9.95. The molecule has 0 bridgehead atoms. The van der Waals surface area contributed by atoms with E-state index < -0.39 is 22.7 Å². The van der Waals surface area contributed by atoms with Gasteiger partial charge in [0.1, 0.15) is 18.1 Å². The van der Waals surface area contributed by atoms with Crippen LogP contribution in [0.15, 0.2) is 78.4 Å². The van der Waals surface area contributed by atoms with Crippen LogP contribution in [-0.4, -0.2) is 58.7 Å². The third kappa shape index (κ3) is 6.15. The van der Waals surface area contributed by atoms with Gasteiger partial charge >= 0.3 is 0 Å². The Bertz CT molecular complexity index is 1410. The van der Waals surface area contributed by atoms with Crippen LogP contribution in [0.1, 0.15) is 34.7 Å². The first-order valence-electron chi connectivity index (χ1n) is 12.6. The topological polar surface area (TPSA) is 113 Å². The number of hydrogen-bond donors (Lipinski definition) is 1. The van der Waals surface area contributed by atoms with Crippen molar-refractivity contribution in [3.63, 3.8) is 0 Å². The molecule has 1 unspecified atom stereocenters. The number of carbonyl (C=O) groups is 2. The van der Waals surface area contributed by atoms with Gasteiger partial charge in [0.2, 0.25) is 0 Å². The molecule has 0 aromatic heterocycles. The predicted molar refractivity (Wildman–Crippen MR) is 147 cm³/mol. The summed E-state index contributed by atoms with van der Waals surface area (Å²) in [6.45, 7) is 3.31. The molecule has 1 heterocycles. The highest BCUT2D eigenvalue weighted by molar-refractivity contribution is 6.46. The second-order valence-corrected chi connectivity index (χ2v) is 9.74. The molecule has 1 saturated heterocycles. The highest BCUT2D eigenvalue weighted by atomic mass is 16.6. The molecular formula is C30H31N3O6. The Morgan fingerprint density at radius 3 is 2.44 bits per heavy atom. The number of nitrogens with zero attached hydrogens (tertiary/aromatic N) is 3. The van der Waals surface area contributed by atoms with Crippen molar-refractivity contribution in [3.8, 4) is 5.75 Å². The third-order valence-electron chi connectivity index (χ3n) is 6.72. The number of benzene rings is 3. The summed E-state index contributed by atoms with van der Waals surface area (Å²) in [7, 11) is 3.81. The van der Waals surface area contributed by atoms with E-state index in [4.69, 9.17) is 4.74 Å². The van der Waals surface area contributed by atoms with E-state index in [1.807, 2.05) is 50.2 Å². The predicted octanol–water partition coefficient (Wildman–Crippen LogP) is 4.86. The number of carbonyl (C=O) groups excluding carboxylic acids is 2. The van der Waals surface area contributed by atoms with Crippen molar-refractivity contribution < 1.29 is 24.4 Å². The zero-order valence-electron chi connectivity index (χ0n) is 22.2. The number of nitro groups is 1. The largest absolute Gasteiger partial charge is 0.507 e. The lowest BCUT2D eigenvalue weighted by Crippen LogP contribution is -2.32. The summed E-state index contributed by atoms with van der Waals surface area (Å²) < 4.78 is 5.88. The first-order chi connectivity index (χ1) is 18.7. The Morgan fingerprint density at radius 1 is 1.05 bits per heavy atom. The monoisotopic (exact) mass is 529 g/mol. The maximum atomic E-state index is 13.2. The molecule has 9 heteroatoms. The van der Waals surface area contributed by atoms with Gasteiger partial charge in [0.25, 0.3) is 17.4 Å². The maximum absolute atomic E-state index is 13.2. The van der Waals surface area contributed by atoms with E-state index in [1.165, 1.54) is 23.1 Å². The summed E-state index contributed by atoms with van der Waals surface area (Å²) in [6.07, 6.45) is 0.582. The number of nitro benzene ring substituents is 1. The first-order valence-corrected chi connectivity index (χ1v) is 12.6. The fraction of sp³-hybridized carbons (Fsp3) is 0.267. The number of ether oxygens (including phenoxy) is 1. The average molecular weight is 530 g/mol. The molecule has 1 aliphatic heterocycles. The van der Waals surface area contributed by atoms with E-state index in [0.717, 1.165) is 11.1 Å². The average Bonchev–Trinajstić information content (AvgIpc) is 3.17. The van der Waals surface area contributed by atoms with Gasteiger partial charge < -0.3 is 19.6 Å². The molecule has 0 spiro atoms. The van der Waals surface area contributed by atoms with E-state index in [2.05, 4.69) is 0 Å². The van der Waals surface area contributed by atoms with Gasteiger partial charge in [-0.25, -0.2) is 0 Å². The van der Waals surface area contributed by atoms with Crippen molar-refractivity contribution in [2.45, 2.75) is 26.0 Å². The molecule has 39 heavy (non-hydrogen) atoms. The Hall–Kier alpha value is -4.50. The number of Topliss-reactive ketones (excluding diaryl/α,β-unsaturated/α-hetero) is 1. The summed E-state index contributed by atoms with van der Waals surface area (Å²) in [4.78, 5) is 40.6. The molecule has 1 amide bonds. The van der Waals surface area contributed by atoms with Crippen LogP contribution in [0.25, 0.3) is 5.76 Å². The van der Waals surface area contributed by atoms with Crippen LogP contribution in [0.2, 0.25) is 0 Å². The number of ketones is 1. The molecule has 1 fully saturated rings. The van der Waals surface area contributed by atoms with Crippen LogP contribution in [0, 0.1) is 17.0 Å². The minimum absolute atomic E-state index is 0.0982. The van der Waals surface area contributed by atoms with E-state index in [1.54, 1.807) is 30.3 Å². The number of likely N-dealkylation sites (tertiary alicyclic amines) is 1. The van der Waals surface area contributed by atoms with Gasteiger partial charge in [-0.1, -0.05) is 36.4 Å². The van der Waals surface area contributed by atoms with Gasteiger partial charge in [-0.2, -0.15) is 0 Å². The molecule has 0 aliphatic carbocycles. The van der Waals surface area contributed by atoms with Gasteiger partial charge in [0.15, 0.2) is 0 Å². The van der Waals surface area contributed by atoms with Gasteiger partial charge in [0.05, 0.1) is 16.5 Å². The van der Waals surface area contributed by atoms with Gasteiger partial charge in [-0.15, -0.1) is 0 Å². The second-order valence-electron chi connectivity index (χ2n) is 9.74. The molecule has 1 aliphatic rings. The van der Waals surface area contributed by atoms with Crippen LogP contribution in [0.4, 0.5) is 5.69 Å². The molecule has 1 atom stereocenters. The van der Waals surface area contributed by atoms with Gasteiger partial charge in [-0.05, 0) is 74.9 Å². The molecule has 1 N–H and O–H groups in total. The van der Waals surface area contributed by atoms with Gasteiger partial charge in [-0.3, -0.25) is 19.7 Å². The summed E-state index contributed by atoms with van der Waals surface area (Å²) in [5, 5.41) is 22.7. The van der Waals surface area contributed by atoms with Gasteiger partial charge in [0, 0.05) is 24.2 Å². The molecule has 4 rings (SSSR count). The summed E-state index contributed by atoms with van der Waals surface area (Å²) in [6, 6.07) is 19.4. The van der Waals surface area contributed by atoms with Crippen LogP contribution in [0.5, 0.6) is 5.75 Å². The van der Waals surface area contributed by atoms with Crippen molar-refractivity contribution in [2.75, 3.05) is 27.2 Å². The fourth-order valence-corrected chi connectivity index (χ4v) is 4.62.